The van der Waals surface area contributed by atoms with Crippen molar-refractivity contribution >= 4 is 17.7 Å². The van der Waals surface area contributed by atoms with Crippen LogP contribution in [0, 0.1) is 0 Å². The zero-order valence-corrected chi connectivity index (χ0v) is 16.1. The predicted molar refractivity (Wildman–Crippen MR) is 101 cm³/mol. The Bertz CT molecular complexity index is 705. The highest BCUT2D eigenvalue weighted by molar-refractivity contribution is 7.99. The van der Waals surface area contributed by atoms with Crippen LogP contribution in [-0.4, -0.2) is 40.1 Å². The number of ether oxygens (including phenoxy) is 1. The SMILES string of the molecule is COCCCn1c(SCC(N)=O)nnc1-c1ccc(C(C)(C)C)cc1. The van der Waals surface area contributed by atoms with Crippen molar-refractivity contribution in [2.24, 2.45) is 5.73 Å². The number of primary amides is 1. The summed E-state index contributed by atoms with van der Waals surface area (Å²) in [6, 6.07) is 8.39. The normalized spacial score (nSPS) is 11.7. The van der Waals surface area contributed by atoms with Gasteiger partial charge in [-0.2, -0.15) is 0 Å². The fourth-order valence-electron chi connectivity index (χ4n) is 2.43. The minimum absolute atomic E-state index is 0.104. The molecule has 25 heavy (non-hydrogen) atoms. The average molecular weight is 362 g/mol. The first-order valence-corrected chi connectivity index (χ1v) is 9.25. The number of benzene rings is 1. The van der Waals surface area contributed by atoms with E-state index in [1.807, 2.05) is 4.57 Å². The quantitative estimate of drug-likeness (QED) is 0.577. The van der Waals surface area contributed by atoms with Crippen molar-refractivity contribution in [3.63, 3.8) is 0 Å². The van der Waals surface area contributed by atoms with Crippen LogP contribution < -0.4 is 5.73 Å². The van der Waals surface area contributed by atoms with Gasteiger partial charge in [-0.25, -0.2) is 0 Å². The standard InChI is InChI=1S/C18H26N4O2S/c1-18(2,3)14-8-6-13(7-9-14)16-20-21-17(25-12-15(19)23)22(16)10-5-11-24-4/h6-9H,5,10-12H2,1-4H3,(H2,19,23). The summed E-state index contributed by atoms with van der Waals surface area (Å²) < 4.78 is 7.17. The molecule has 0 aliphatic rings. The molecule has 7 heteroatoms. The molecule has 0 unspecified atom stereocenters. The molecule has 6 nitrogen and oxygen atoms in total. The van der Waals surface area contributed by atoms with Crippen molar-refractivity contribution in [3.05, 3.63) is 29.8 Å². The topological polar surface area (TPSA) is 83.0 Å². The lowest BCUT2D eigenvalue weighted by atomic mass is 9.87. The third-order valence-electron chi connectivity index (χ3n) is 3.80. The minimum atomic E-state index is -0.368. The van der Waals surface area contributed by atoms with Crippen molar-refractivity contribution in [1.82, 2.24) is 14.8 Å². The van der Waals surface area contributed by atoms with Crippen molar-refractivity contribution in [3.8, 4) is 11.4 Å². The van der Waals surface area contributed by atoms with E-state index >= 15 is 0 Å². The first kappa shape index (κ1) is 19.5. The van der Waals surface area contributed by atoms with E-state index in [9.17, 15) is 4.79 Å². The van der Waals surface area contributed by atoms with Crippen molar-refractivity contribution < 1.29 is 9.53 Å². The van der Waals surface area contributed by atoms with E-state index in [1.165, 1.54) is 17.3 Å². The molecular weight excluding hydrogens is 336 g/mol. The lowest BCUT2D eigenvalue weighted by molar-refractivity contribution is -0.115. The van der Waals surface area contributed by atoms with E-state index in [1.54, 1.807) is 7.11 Å². The van der Waals surface area contributed by atoms with Gasteiger partial charge in [0.05, 0.1) is 5.75 Å². The van der Waals surface area contributed by atoms with Crippen LogP contribution in [0.5, 0.6) is 0 Å². The Labute approximate surface area is 153 Å². The van der Waals surface area contributed by atoms with Gasteiger partial charge in [0, 0.05) is 25.8 Å². The van der Waals surface area contributed by atoms with Gasteiger partial charge in [0.2, 0.25) is 5.91 Å². The smallest absolute Gasteiger partial charge is 0.227 e. The van der Waals surface area contributed by atoms with Crippen LogP contribution >= 0.6 is 11.8 Å². The van der Waals surface area contributed by atoms with Crippen LogP contribution in [0.1, 0.15) is 32.8 Å². The van der Waals surface area contributed by atoms with Crippen molar-refractivity contribution in [1.29, 1.82) is 0 Å². The number of amides is 1. The number of carbonyl (C=O) groups excluding carboxylic acids is 1. The molecule has 0 spiro atoms. The zero-order valence-electron chi connectivity index (χ0n) is 15.3. The minimum Gasteiger partial charge on any atom is -0.385 e. The van der Waals surface area contributed by atoms with Crippen LogP contribution in [0.15, 0.2) is 29.4 Å². The third-order valence-corrected chi connectivity index (χ3v) is 4.79. The number of hydrogen-bond donors (Lipinski definition) is 1. The summed E-state index contributed by atoms with van der Waals surface area (Å²) in [7, 11) is 1.68. The average Bonchev–Trinajstić information content (AvgIpc) is 2.95. The number of aromatic nitrogens is 3. The Kier molecular flexibility index (Phi) is 6.61. The monoisotopic (exact) mass is 362 g/mol. The summed E-state index contributed by atoms with van der Waals surface area (Å²) in [5, 5.41) is 9.27. The first-order chi connectivity index (χ1) is 11.8. The van der Waals surface area contributed by atoms with E-state index < -0.39 is 0 Å². The summed E-state index contributed by atoms with van der Waals surface area (Å²) in [5.41, 5.74) is 7.63. The predicted octanol–water partition coefficient (Wildman–Crippen LogP) is 2.86. The van der Waals surface area contributed by atoms with Crippen LogP contribution in [0.4, 0.5) is 0 Å². The molecule has 1 aromatic heterocycles. The van der Waals surface area contributed by atoms with Crippen molar-refractivity contribution in [2.75, 3.05) is 19.5 Å². The second-order valence-electron chi connectivity index (χ2n) is 6.89. The van der Waals surface area contributed by atoms with Gasteiger partial charge in [-0.3, -0.25) is 4.79 Å². The summed E-state index contributed by atoms with van der Waals surface area (Å²) in [6.07, 6.45) is 0.839. The van der Waals surface area contributed by atoms with Gasteiger partial charge in [0.1, 0.15) is 0 Å². The molecule has 0 saturated carbocycles. The van der Waals surface area contributed by atoms with Gasteiger partial charge in [0.25, 0.3) is 0 Å². The van der Waals surface area contributed by atoms with Gasteiger partial charge in [-0.1, -0.05) is 56.8 Å². The molecule has 136 valence electrons. The molecule has 0 radical (unpaired) electrons. The number of rotatable bonds is 8. The fourth-order valence-corrected chi connectivity index (χ4v) is 3.14. The maximum atomic E-state index is 11.1. The van der Waals surface area contributed by atoms with Gasteiger partial charge >= 0.3 is 0 Å². The molecule has 2 aromatic rings. The molecule has 0 aliphatic heterocycles. The number of thioether (sulfide) groups is 1. The molecular formula is C18H26N4O2S. The highest BCUT2D eigenvalue weighted by Crippen LogP contribution is 2.27. The van der Waals surface area contributed by atoms with Crippen LogP contribution in [0.25, 0.3) is 11.4 Å². The van der Waals surface area contributed by atoms with Gasteiger partial charge in [-0.05, 0) is 17.4 Å². The maximum Gasteiger partial charge on any atom is 0.227 e. The lowest BCUT2D eigenvalue weighted by Crippen LogP contribution is -2.14. The van der Waals surface area contributed by atoms with E-state index in [2.05, 4.69) is 55.2 Å². The highest BCUT2D eigenvalue weighted by Gasteiger charge is 2.17. The number of nitrogens with zero attached hydrogens (tertiary/aromatic N) is 3. The van der Waals surface area contributed by atoms with E-state index in [4.69, 9.17) is 10.5 Å². The Balaban J connectivity index is 2.30. The second kappa shape index (κ2) is 8.49. The van der Waals surface area contributed by atoms with Gasteiger partial charge < -0.3 is 15.0 Å². The number of carbonyl (C=O) groups is 1. The summed E-state index contributed by atoms with van der Waals surface area (Å²) in [4.78, 5) is 11.1. The van der Waals surface area contributed by atoms with E-state index in [0.717, 1.165) is 24.4 Å². The Morgan fingerprint density at radius 1 is 1.24 bits per heavy atom. The Morgan fingerprint density at radius 2 is 1.92 bits per heavy atom. The number of hydrogen-bond acceptors (Lipinski definition) is 5. The summed E-state index contributed by atoms with van der Waals surface area (Å²) in [5.74, 6) is 0.613. The molecule has 1 aromatic carbocycles. The maximum absolute atomic E-state index is 11.1. The molecule has 0 atom stereocenters. The Morgan fingerprint density at radius 3 is 2.48 bits per heavy atom. The van der Waals surface area contributed by atoms with Gasteiger partial charge in [-0.15, -0.1) is 10.2 Å². The van der Waals surface area contributed by atoms with Crippen molar-refractivity contribution in [2.45, 2.75) is 44.3 Å². The largest absolute Gasteiger partial charge is 0.385 e. The molecule has 1 heterocycles. The molecule has 0 aliphatic carbocycles. The molecule has 0 bridgehead atoms. The zero-order chi connectivity index (χ0) is 18.4. The summed E-state index contributed by atoms with van der Waals surface area (Å²) >= 11 is 1.31. The molecule has 1 amide bonds. The molecule has 0 saturated heterocycles. The van der Waals surface area contributed by atoms with Crippen LogP contribution in [0.2, 0.25) is 0 Å². The third kappa shape index (κ3) is 5.31. The molecule has 0 fully saturated rings. The Hall–Kier alpha value is -1.86. The number of nitrogens with two attached hydrogens (primary N) is 1. The van der Waals surface area contributed by atoms with E-state index in [-0.39, 0.29) is 17.1 Å². The molecule has 2 N–H and O–H groups in total. The highest BCUT2D eigenvalue weighted by atomic mass is 32.2. The van der Waals surface area contributed by atoms with E-state index in [0.29, 0.717) is 11.8 Å². The first-order valence-electron chi connectivity index (χ1n) is 8.27. The summed E-state index contributed by atoms with van der Waals surface area (Å²) in [6.45, 7) is 7.94. The lowest BCUT2D eigenvalue weighted by Gasteiger charge is -2.19. The second-order valence-corrected chi connectivity index (χ2v) is 7.83. The fraction of sp³-hybridized carbons (Fsp3) is 0.500. The van der Waals surface area contributed by atoms with Crippen LogP contribution in [-0.2, 0) is 21.5 Å². The van der Waals surface area contributed by atoms with Crippen LogP contribution in [0.3, 0.4) is 0 Å². The number of methoxy groups -OCH3 is 1. The molecule has 2 rings (SSSR count). The van der Waals surface area contributed by atoms with Gasteiger partial charge in [0.15, 0.2) is 11.0 Å².